The second kappa shape index (κ2) is 5.12. The van der Waals surface area contributed by atoms with Crippen molar-refractivity contribution in [2.24, 2.45) is 7.05 Å². The number of carbonyl (C=O) groups is 1. The van der Waals surface area contributed by atoms with Crippen molar-refractivity contribution in [3.05, 3.63) is 54.0 Å². The Hall–Kier alpha value is -2.82. The number of pyridine rings is 1. The van der Waals surface area contributed by atoms with Gasteiger partial charge < -0.3 is 9.88 Å². The fraction of sp³-hybridized carbons (Fsp3) is 0.222. The number of urea groups is 1. The molecule has 116 valence electrons. The van der Waals surface area contributed by atoms with Crippen LogP contribution in [0.1, 0.15) is 11.3 Å². The fourth-order valence-electron chi connectivity index (χ4n) is 3.29. The molecule has 0 atom stereocenters. The molecule has 1 aromatic carbocycles. The molecule has 2 aromatic heterocycles. The smallest absolute Gasteiger partial charge is 0.326 e. The Morgan fingerprint density at radius 1 is 1.30 bits per heavy atom. The van der Waals surface area contributed by atoms with Gasteiger partial charge in [-0.25, -0.2) is 4.79 Å². The van der Waals surface area contributed by atoms with Crippen LogP contribution in [0.5, 0.6) is 0 Å². The maximum absolute atomic E-state index is 12.6. The molecule has 0 spiro atoms. The molecule has 0 aliphatic carbocycles. The number of anilines is 2. The monoisotopic (exact) mass is 306 g/mol. The topological polar surface area (TPSA) is 50.2 Å². The maximum Gasteiger partial charge on any atom is 0.326 e. The molecule has 0 bridgehead atoms. The maximum atomic E-state index is 12.6. The summed E-state index contributed by atoms with van der Waals surface area (Å²) in [5, 5.41) is 4.16. The summed E-state index contributed by atoms with van der Waals surface area (Å²) in [6.07, 6.45) is 4.23. The lowest BCUT2D eigenvalue weighted by Crippen LogP contribution is -2.33. The standard InChI is InChI=1S/C18H18N4O/c1-12-10-15-14-7-9-22(17(14)6-5-16(15)21(12)2)18(23)20-13-4-3-8-19-11-13/h3-6,8,10-11H,7,9H2,1-2H3,(H,20,23). The van der Waals surface area contributed by atoms with Crippen LogP contribution >= 0.6 is 0 Å². The number of amides is 2. The molecule has 5 nitrogen and oxygen atoms in total. The van der Waals surface area contributed by atoms with Crippen LogP contribution in [0.3, 0.4) is 0 Å². The molecule has 0 fully saturated rings. The van der Waals surface area contributed by atoms with Crippen LogP contribution in [0, 0.1) is 6.92 Å². The number of nitrogens with zero attached hydrogens (tertiary/aromatic N) is 3. The van der Waals surface area contributed by atoms with Gasteiger partial charge in [0.15, 0.2) is 0 Å². The number of aromatic nitrogens is 2. The Balaban J connectivity index is 1.69. The SMILES string of the molecule is Cc1cc2c3c(ccc2n1C)N(C(=O)Nc1cccnc1)CC3. The number of rotatable bonds is 1. The lowest BCUT2D eigenvalue weighted by atomic mass is 10.1. The first kappa shape index (κ1) is 13.8. The predicted octanol–water partition coefficient (Wildman–Crippen LogP) is 3.48. The molecule has 1 aliphatic rings. The van der Waals surface area contributed by atoms with Crippen molar-refractivity contribution in [2.75, 3.05) is 16.8 Å². The average molecular weight is 306 g/mol. The van der Waals surface area contributed by atoms with Gasteiger partial charge in [0.2, 0.25) is 0 Å². The average Bonchev–Trinajstić information content (AvgIpc) is 3.11. The third-order valence-electron chi connectivity index (χ3n) is 4.59. The normalized spacial score (nSPS) is 13.4. The molecule has 5 heteroatoms. The number of nitrogens with one attached hydrogen (secondary N) is 1. The van der Waals surface area contributed by atoms with Crippen LogP contribution in [-0.2, 0) is 13.5 Å². The molecule has 0 radical (unpaired) electrons. The van der Waals surface area contributed by atoms with Gasteiger partial charge in [0, 0.05) is 42.1 Å². The van der Waals surface area contributed by atoms with Crippen molar-refractivity contribution >= 4 is 28.3 Å². The van der Waals surface area contributed by atoms with Crippen molar-refractivity contribution in [3.63, 3.8) is 0 Å². The van der Waals surface area contributed by atoms with Crippen LogP contribution in [0.2, 0.25) is 0 Å². The quantitative estimate of drug-likeness (QED) is 0.748. The molecule has 4 rings (SSSR count). The van der Waals surface area contributed by atoms with E-state index in [1.165, 1.54) is 22.2 Å². The van der Waals surface area contributed by atoms with Gasteiger partial charge in [0.05, 0.1) is 11.9 Å². The molecular weight excluding hydrogens is 288 g/mol. The van der Waals surface area contributed by atoms with Crippen molar-refractivity contribution in [2.45, 2.75) is 13.3 Å². The number of hydrogen-bond donors (Lipinski definition) is 1. The van der Waals surface area contributed by atoms with E-state index in [0.717, 1.165) is 12.1 Å². The lowest BCUT2D eigenvalue weighted by molar-refractivity contribution is 0.257. The van der Waals surface area contributed by atoms with Crippen molar-refractivity contribution < 1.29 is 4.79 Å². The minimum atomic E-state index is -0.108. The summed E-state index contributed by atoms with van der Waals surface area (Å²) in [5.41, 5.74) is 5.42. The van der Waals surface area contributed by atoms with Gasteiger partial charge in [0.1, 0.15) is 0 Å². The molecule has 1 aliphatic heterocycles. The number of fused-ring (bicyclic) bond motifs is 3. The highest BCUT2D eigenvalue weighted by Gasteiger charge is 2.27. The summed E-state index contributed by atoms with van der Waals surface area (Å²) in [5.74, 6) is 0. The highest BCUT2D eigenvalue weighted by Crippen LogP contribution is 2.35. The minimum Gasteiger partial charge on any atom is -0.348 e. The van der Waals surface area contributed by atoms with Gasteiger partial charge in [-0.15, -0.1) is 0 Å². The molecule has 0 saturated heterocycles. The Kier molecular flexibility index (Phi) is 3.08. The largest absolute Gasteiger partial charge is 0.348 e. The summed E-state index contributed by atoms with van der Waals surface area (Å²) >= 11 is 0. The van der Waals surface area contributed by atoms with E-state index in [1.54, 1.807) is 12.4 Å². The first-order valence-corrected chi connectivity index (χ1v) is 7.71. The van der Waals surface area contributed by atoms with E-state index in [-0.39, 0.29) is 6.03 Å². The number of carbonyl (C=O) groups excluding carboxylic acids is 1. The second-order valence-electron chi connectivity index (χ2n) is 5.91. The van der Waals surface area contributed by atoms with Crippen LogP contribution < -0.4 is 10.2 Å². The predicted molar refractivity (Wildman–Crippen MR) is 92.0 cm³/mol. The highest BCUT2D eigenvalue weighted by molar-refractivity contribution is 6.05. The third kappa shape index (κ3) is 2.16. The molecule has 0 saturated carbocycles. The minimum absolute atomic E-state index is 0.108. The molecular formula is C18H18N4O. The van der Waals surface area contributed by atoms with E-state index in [9.17, 15) is 4.79 Å². The third-order valence-corrected chi connectivity index (χ3v) is 4.59. The van der Waals surface area contributed by atoms with Crippen molar-refractivity contribution in [1.29, 1.82) is 0 Å². The molecule has 1 N–H and O–H groups in total. The molecule has 3 heterocycles. The first-order chi connectivity index (χ1) is 11.1. The fourth-order valence-corrected chi connectivity index (χ4v) is 3.29. The van der Waals surface area contributed by atoms with Crippen molar-refractivity contribution in [3.8, 4) is 0 Å². The summed E-state index contributed by atoms with van der Waals surface area (Å²) in [4.78, 5) is 18.4. The van der Waals surface area contributed by atoms with Gasteiger partial charge in [0.25, 0.3) is 0 Å². The highest BCUT2D eigenvalue weighted by atomic mass is 16.2. The Morgan fingerprint density at radius 3 is 2.96 bits per heavy atom. The summed E-state index contributed by atoms with van der Waals surface area (Å²) in [6.45, 7) is 2.81. The van der Waals surface area contributed by atoms with E-state index in [0.29, 0.717) is 12.2 Å². The van der Waals surface area contributed by atoms with Crippen LogP contribution in [-0.4, -0.2) is 22.1 Å². The van der Waals surface area contributed by atoms with Gasteiger partial charge in [-0.3, -0.25) is 9.88 Å². The zero-order valence-electron chi connectivity index (χ0n) is 13.2. The van der Waals surface area contributed by atoms with E-state index in [2.05, 4.69) is 41.0 Å². The van der Waals surface area contributed by atoms with E-state index >= 15 is 0 Å². The summed E-state index contributed by atoms with van der Waals surface area (Å²) < 4.78 is 2.19. The summed E-state index contributed by atoms with van der Waals surface area (Å²) in [7, 11) is 2.08. The summed E-state index contributed by atoms with van der Waals surface area (Å²) in [6, 6.07) is 9.89. The zero-order valence-corrected chi connectivity index (χ0v) is 13.2. The van der Waals surface area contributed by atoms with Crippen LogP contribution in [0.25, 0.3) is 10.9 Å². The van der Waals surface area contributed by atoms with Gasteiger partial charge in [-0.2, -0.15) is 0 Å². The molecule has 23 heavy (non-hydrogen) atoms. The van der Waals surface area contributed by atoms with Crippen molar-refractivity contribution in [1.82, 2.24) is 9.55 Å². The Morgan fingerprint density at radius 2 is 2.17 bits per heavy atom. The van der Waals surface area contributed by atoms with Gasteiger partial charge >= 0.3 is 6.03 Å². The van der Waals surface area contributed by atoms with E-state index < -0.39 is 0 Å². The van der Waals surface area contributed by atoms with Crippen LogP contribution in [0.4, 0.5) is 16.2 Å². The van der Waals surface area contributed by atoms with Gasteiger partial charge in [-0.1, -0.05) is 0 Å². The second-order valence-corrected chi connectivity index (χ2v) is 5.91. The molecule has 0 unspecified atom stereocenters. The number of hydrogen-bond acceptors (Lipinski definition) is 2. The lowest BCUT2D eigenvalue weighted by Gasteiger charge is -2.18. The molecule has 2 amide bonds. The zero-order chi connectivity index (χ0) is 16.0. The number of benzene rings is 1. The van der Waals surface area contributed by atoms with E-state index in [4.69, 9.17) is 0 Å². The van der Waals surface area contributed by atoms with E-state index in [1.807, 2.05) is 23.1 Å². The first-order valence-electron chi connectivity index (χ1n) is 7.71. The number of aryl methyl sites for hydroxylation is 2. The Labute approximate surface area is 134 Å². The molecule has 3 aromatic rings. The van der Waals surface area contributed by atoms with Crippen LogP contribution in [0.15, 0.2) is 42.7 Å². The van der Waals surface area contributed by atoms with Gasteiger partial charge in [-0.05, 0) is 49.2 Å². The Bertz CT molecular complexity index is 898.